The van der Waals surface area contributed by atoms with E-state index in [-0.39, 0.29) is 8.80 Å². The average Bonchev–Trinajstić information content (AvgIpc) is 1.61. The first kappa shape index (κ1) is 4.38. The molecule has 0 atom stereocenters. The maximum absolute atomic E-state index is 6.82. The standard InChI is InChI=1S/C5H14Si/c1-4-5-6(2)3/h6H,4-5H2,1-3H3/i1D. The van der Waals surface area contributed by atoms with Crippen molar-refractivity contribution in [3.05, 3.63) is 0 Å². The van der Waals surface area contributed by atoms with E-state index in [4.69, 9.17) is 1.37 Å². The summed E-state index contributed by atoms with van der Waals surface area (Å²) in [4.78, 5) is 0. The fraction of sp³-hybridized carbons (Fsp3) is 1.00. The smallest absolute Gasteiger partial charge is 0.0305 e. The van der Waals surface area contributed by atoms with Gasteiger partial charge in [0.15, 0.2) is 0 Å². The quantitative estimate of drug-likeness (QED) is 0.468. The van der Waals surface area contributed by atoms with E-state index in [0.29, 0.717) is 6.90 Å². The third kappa shape index (κ3) is 4.22. The summed E-state index contributed by atoms with van der Waals surface area (Å²) < 4.78 is 6.82. The summed E-state index contributed by atoms with van der Waals surface area (Å²) in [6.07, 6.45) is 1.13. The summed E-state index contributed by atoms with van der Waals surface area (Å²) in [5.74, 6) is 0. The first-order valence-electron chi connectivity index (χ1n) is 3.27. The lowest BCUT2D eigenvalue weighted by Gasteiger charge is -1.93. The molecule has 0 aliphatic rings. The van der Waals surface area contributed by atoms with Crippen LogP contribution < -0.4 is 0 Å². The summed E-state index contributed by atoms with van der Waals surface area (Å²) in [7, 11) is -0.308. The van der Waals surface area contributed by atoms with Crippen LogP contribution in [0.3, 0.4) is 0 Å². The molecule has 6 heavy (non-hydrogen) atoms. The van der Waals surface area contributed by atoms with Gasteiger partial charge >= 0.3 is 0 Å². The Labute approximate surface area is 43.6 Å². The first-order chi connectivity index (χ1) is 3.27. The lowest BCUT2D eigenvalue weighted by molar-refractivity contribution is 1.06. The second-order valence-electron chi connectivity index (χ2n) is 2.04. The van der Waals surface area contributed by atoms with E-state index < -0.39 is 0 Å². The summed E-state index contributed by atoms with van der Waals surface area (Å²) in [5.41, 5.74) is 0. The third-order valence-corrected chi connectivity index (χ3v) is 2.34. The Morgan fingerprint density at radius 1 is 1.67 bits per heavy atom. The predicted octanol–water partition coefficient (Wildman–Crippen LogP) is 1.88. The minimum Gasteiger partial charge on any atom is -0.0722 e. The van der Waals surface area contributed by atoms with Crippen LogP contribution in [0.2, 0.25) is 19.1 Å². The van der Waals surface area contributed by atoms with Gasteiger partial charge in [-0.3, -0.25) is 0 Å². The molecule has 0 aromatic heterocycles. The van der Waals surface area contributed by atoms with Gasteiger partial charge in [0.05, 0.1) is 0 Å². The van der Waals surface area contributed by atoms with E-state index >= 15 is 0 Å². The molecule has 0 aliphatic carbocycles. The molecule has 0 nitrogen and oxygen atoms in total. The van der Waals surface area contributed by atoms with Crippen molar-refractivity contribution in [2.24, 2.45) is 0 Å². The van der Waals surface area contributed by atoms with Gasteiger partial charge in [-0.05, 0) is 0 Å². The van der Waals surface area contributed by atoms with Crippen molar-refractivity contribution in [2.75, 3.05) is 0 Å². The molecule has 0 spiro atoms. The van der Waals surface area contributed by atoms with E-state index in [2.05, 4.69) is 13.1 Å². The molecule has 38 valence electrons. The normalized spacial score (nSPS) is 12.2. The summed E-state index contributed by atoms with van der Waals surface area (Å²) in [6, 6.07) is 1.35. The molecule has 0 aromatic carbocycles. The van der Waals surface area contributed by atoms with Crippen molar-refractivity contribution in [1.29, 1.82) is 0 Å². The zero-order valence-electron chi connectivity index (χ0n) is 5.70. The lowest BCUT2D eigenvalue weighted by Crippen LogP contribution is -1.95. The Morgan fingerprint density at radius 2 is 2.33 bits per heavy atom. The van der Waals surface area contributed by atoms with Crippen LogP contribution in [0.4, 0.5) is 0 Å². The van der Waals surface area contributed by atoms with Crippen LogP contribution in [0.5, 0.6) is 0 Å². The molecule has 0 aromatic rings. The highest BCUT2D eigenvalue weighted by molar-refractivity contribution is 6.55. The highest BCUT2D eigenvalue weighted by atomic mass is 28.3. The largest absolute Gasteiger partial charge is 0.0722 e. The third-order valence-electron chi connectivity index (χ3n) is 0.781. The highest BCUT2D eigenvalue weighted by Crippen LogP contribution is 1.92. The minimum atomic E-state index is -0.308. The van der Waals surface area contributed by atoms with E-state index in [0.717, 1.165) is 6.42 Å². The topological polar surface area (TPSA) is 0 Å². The van der Waals surface area contributed by atoms with Gasteiger partial charge in [0.25, 0.3) is 0 Å². The molecule has 0 fully saturated rings. The van der Waals surface area contributed by atoms with E-state index in [1.54, 1.807) is 0 Å². The molecule has 0 saturated heterocycles. The maximum Gasteiger partial charge on any atom is 0.0305 e. The number of hydrogen-bond donors (Lipinski definition) is 0. The zero-order chi connectivity index (χ0) is 5.70. The van der Waals surface area contributed by atoms with Crippen LogP contribution in [0.25, 0.3) is 0 Å². The monoisotopic (exact) mass is 103 g/mol. The van der Waals surface area contributed by atoms with Gasteiger partial charge in [0.1, 0.15) is 0 Å². The van der Waals surface area contributed by atoms with Gasteiger partial charge < -0.3 is 0 Å². The van der Waals surface area contributed by atoms with Gasteiger partial charge in [-0.25, -0.2) is 0 Å². The second kappa shape index (κ2) is 3.41. The predicted molar refractivity (Wildman–Crippen MR) is 34.0 cm³/mol. The Bertz CT molecular complexity index is 37.1. The van der Waals surface area contributed by atoms with Crippen molar-refractivity contribution < 1.29 is 1.37 Å². The molecule has 0 radical (unpaired) electrons. The summed E-state index contributed by atoms with van der Waals surface area (Å²) in [5, 5.41) is 0. The van der Waals surface area contributed by atoms with Crippen molar-refractivity contribution >= 4 is 8.80 Å². The van der Waals surface area contributed by atoms with Crippen LogP contribution in [0.1, 0.15) is 14.7 Å². The Balaban J connectivity index is 2.68. The maximum atomic E-state index is 6.82. The zero-order valence-corrected chi connectivity index (χ0v) is 5.85. The molecular weight excluding hydrogens is 88.1 g/mol. The molecule has 1 heteroatoms. The number of rotatable bonds is 2. The van der Waals surface area contributed by atoms with E-state index in [1.807, 2.05) is 0 Å². The van der Waals surface area contributed by atoms with Crippen molar-refractivity contribution in [1.82, 2.24) is 0 Å². The van der Waals surface area contributed by atoms with Crippen molar-refractivity contribution in [3.8, 4) is 0 Å². The van der Waals surface area contributed by atoms with Crippen molar-refractivity contribution in [2.45, 2.75) is 32.5 Å². The highest BCUT2D eigenvalue weighted by Gasteiger charge is 1.88. The molecule has 0 saturated carbocycles. The molecule has 0 unspecified atom stereocenters. The van der Waals surface area contributed by atoms with Crippen LogP contribution in [-0.4, -0.2) is 8.80 Å². The Kier molecular flexibility index (Phi) is 2.49. The van der Waals surface area contributed by atoms with Crippen molar-refractivity contribution in [3.63, 3.8) is 0 Å². The average molecular weight is 103 g/mol. The molecule has 0 bridgehead atoms. The first-order valence-corrected chi connectivity index (χ1v) is 5.69. The molecule has 0 rings (SSSR count). The molecule has 0 amide bonds. The fourth-order valence-electron chi connectivity index (χ4n) is 0.408. The molecule has 0 N–H and O–H groups in total. The van der Waals surface area contributed by atoms with E-state index in [9.17, 15) is 0 Å². The van der Waals surface area contributed by atoms with Gasteiger partial charge in [0.2, 0.25) is 0 Å². The van der Waals surface area contributed by atoms with Crippen LogP contribution in [0, 0.1) is 0 Å². The molecule has 0 aliphatic heterocycles. The van der Waals surface area contributed by atoms with E-state index in [1.165, 1.54) is 6.04 Å². The lowest BCUT2D eigenvalue weighted by atomic mass is 10.6. The van der Waals surface area contributed by atoms with Crippen LogP contribution >= 0.6 is 0 Å². The van der Waals surface area contributed by atoms with Gasteiger partial charge in [-0.1, -0.05) is 32.5 Å². The van der Waals surface area contributed by atoms with Crippen LogP contribution in [-0.2, 0) is 0 Å². The van der Waals surface area contributed by atoms with Gasteiger partial charge in [-0.2, -0.15) is 0 Å². The van der Waals surface area contributed by atoms with Gasteiger partial charge in [-0.15, -0.1) is 0 Å². The Morgan fingerprint density at radius 3 is 2.50 bits per heavy atom. The fourth-order valence-corrected chi connectivity index (χ4v) is 1.22. The molecule has 0 heterocycles. The molecular formula is C5H14Si. The number of hydrogen-bond acceptors (Lipinski definition) is 0. The minimum absolute atomic E-state index is 0.308. The Hall–Kier alpha value is 0.217. The SMILES string of the molecule is [2H]CCC[SiH](C)C. The van der Waals surface area contributed by atoms with Gasteiger partial charge in [0, 0.05) is 10.2 Å². The summed E-state index contributed by atoms with van der Waals surface area (Å²) in [6.45, 7) is 5.29. The second-order valence-corrected chi connectivity index (χ2v) is 5.40. The van der Waals surface area contributed by atoms with Crippen LogP contribution in [0.15, 0.2) is 0 Å². The summed E-state index contributed by atoms with van der Waals surface area (Å²) >= 11 is 0.